The van der Waals surface area contributed by atoms with Crippen molar-refractivity contribution >= 4 is 32.8 Å². The largest absolute Gasteiger partial charge is 0.465 e. The summed E-state index contributed by atoms with van der Waals surface area (Å²) in [5, 5.41) is 10.7. The molecule has 1 aromatic rings. The molecule has 18 heavy (non-hydrogen) atoms. The molecule has 0 spiro atoms. The summed E-state index contributed by atoms with van der Waals surface area (Å²) >= 11 is 3.33. The van der Waals surface area contributed by atoms with Gasteiger partial charge in [0.2, 0.25) is 0 Å². The second-order valence-electron chi connectivity index (χ2n) is 3.87. The average Bonchev–Trinajstić information content (AvgIpc) is 2.49. The highest BCUT2D eigenvalue weighted by Gasteiger charge is 2.34. The average molecular weight is 337 g/mol. The number of hydrogen-bond donors (Lipinski definition) is 4. The summed E-state index contributed by atoms with van der Waals surface area (Å²) in [7, 11) is -2.98. The lowest BCUT2D eigenvalue weighted by molar-refractivity contribution is 0.193. The molecule has 0 atom stereocenters. The number of carbonyl (C=O) groups is 1. The van der Waals surface area contributed by atoms with Crippen LogP contribution in [0.3, 0.4) is 0 Å². The van der Waals surface area contributed by atoms with E-state index in [0.717, 1.165) is 10.0 Å². The van der Waals surface area contributed by atoms with Gasteiger partial charge in [-0.05, 0) is 23.8 Å². The van der Waals surface area contributed by atoms with Gasteiger partial charge in [0, 0.05) is 24.1 Å². The van der Waals surface area contributed by atoms with Crippen LogP contribution in [0.25, 0.3) is 0 Å². The predicted octanol–water partition coefficient (Wildman–Crippen LogP) is 2.56. The van der Waals surface area contributed by atoms with Gasteiger partial charge in [-0.3, -0.25) is 9.11 Å². The smallest absolute Gasteiger partial charge is 0.404 e. The molecule has 0 saturated heterocycles. The SMILES string of the molecule is O=C(O)NCCN1Cc2cc(Br)ccc2S1(O)O. The molecule has 1 aromatic carbocycles. The van der Waals surface area contributed by atoms with Crippen molar-refractivity contribution in [2.75, 3.05) is 13.1 Å². The third-order valence-electron chi connectivity index (χ3n) is 2.66. The molecule has 0 saturated carbocycles. The van der Waals surface area contributed by atoms with Gasteiger partial charge in [0.1, 0.15) is 0 Å². The first-order chi connectivity index (χ1) is 8.41. The van der Waals surface area contributed by atoms with E-state index in [4.69, 9.17) is 5.11 Å². The number of fused-ring (bicyclic) bond motifs is 1. The molecule has 8 heteroatoms. The molecule has 1 amide bonds. The summed E-state index contributed by atoms with van der Waals surface area (Å²) in [6.45, 7) is 0.805. The van der Waals surface area contributed by atoms with Gasteiger partial charge in [0.25, 0.3) is 0 Å². The Kier molecular flexibility index (Phi) is 3.83. The van der Waals surface area contributed by atoms with Gasteiger partial charge >= 0.3 is 6.09 Å². The van der Waals surface area contributed by atoms with E-state index in [1.807, 2.05) is 6.07 Å². The van der Waals surface area contributed by atoms with Crippen molar-refractivity contribution in [2.45, 2.75) is 11.4 Å². The number of nitrogens with one attached hydrogen (secondary N) is 1. The van der Waals surface area contributed by atoms with E-state index in [-0.39, 0.29) is 13.1 Å². The maximum Gasteiger partial charge on any atom is 0.404 e. The van der Waals surface area contributed by atoms with Gasteiger partial charge in [-0.25, -0.2) is 4.79 Å². The van der Waals surface area contributed by atoms with Gasteiger partial charge in [-0.15, -0.1) is 10.8 Å². The molecule has 4 N–H and O–H groups in total. The molecule has 6 nitrogen and oxygen atoms in total. The molecule has 100 valence electrons. The van der Waals surface area contributed by atoms with Crippen LogP contribution in [0.4, 0.5) is 4.79 Å². The first kappa shape index (κ1) is 13.6. The fraction of sp³-hybridized carbons (Fsp3) is 0.300. The Morgan fingerprint density at radius 3 is 2.89 bits per heavy atom. The summed E-state index contributed by atoms with van der Waals surface area (Å²) in [6.07, 6.45) is -1.12. The molecule has 1 heterocycles. The number of halogens is 1. The van der Waals surface area contributed by atoms with Crippen LogP contribution in [0.1, 0.15) is 5.56 Å². The van der Waals surface area contributed by atoms with E-state index in [1.54, 1.807) is 12.1 Å². The van der Waals surface area contributed by atoms with Crippen molar-refractivity contribution in [3.63, 3.8) is 0 Å². The third kappa shape index (κ3) is 2.62. The van der Waals surface area contributed by atoms with E-state index in [0.29, 0.717) is 11.4 Å². The summed E-state index contributed by atoms with van der Waals surface area (Å²) < 4.78 is 22.6. The van der Waals surface area contributed by atoms with Crippen molar-refractivity contribution in [1.82, 2.24) is 9.62 Å². The summed E-state index contributed by atoms with van der Waals surface area (Å²) in [6, 6.07) is 5.28. The monoisotopic (exact) mass is 336 g/mol. The third-order valence-corrected chi connectivity index (χ3v) is 5.18. The minimum atomic E-state index is -2.98. The fourth-order valence-corrected chi connectivity index (χ4v) is 3.93. The topological polar surface area (TPSA) is 93.0 Å². The van der Waals surface area contributed by atoms with Gasteiger partial charge in [0.05, 0.1) is 4.90 Å². The van der Waals surface area contributed by atoms with E-state index >= 15 is 0 Å². The van der Waals surface area contributed by atoms with E-state index in [9.17, 15) is 13.9 Å². The summed E-state index contributed by atoms with van der Waals surface area (Å²) in [5.41, 5.74) is 0.847. The Morgan fingerprint density at radius 2 is 2.22 bits per heavy atom. The first-order valence-corrected chi connectivity index (χ1v) is 7.49. The maximum atomic E-state index is 10.3. The first-order valence-electron chi connectivity index (χ1n) is 5.20. The quantitative estimate of drug-likeness (QED) is 0.680. The Morgan fingerprint density at radius 1 is 1.50 bits per heavy atom. The lowest BCUT2D eigenvalue weighted by Gasteiger charge is -2.37. The number of rotatable bonds is 3. The van der Waals surface area contributed by atoms with Crippen LogP contribution in [0.15, 0.2) is 27.6 Å². The standard InChI is InChI=1S/C10H13BrN2O4S/c11-8-1-2-9-7(5-8)6-13(18(9,16)17)4-3-12-10(14)15/h1-2,5,12,16-17H,3-4,6H2,(H,14,15). The molecular weight excluding hydrogens is 324 g/mol. The van der Waals surface area contributed by atoms with Crippen molar-refractivity contribution < 1.29 is 19.0 Å². The minimum Gasteiger partial charge on any atom is -0.465 e. The normalized spacial score (nSPS) is 19.3. The Hall–Kier alpha value is -0.800. The molecule has 0 bridgehead atoms. The van der Waals surface area contributed by atoms with E-state index in [1.165, 1.54) is 4.31 Å². The lowest BCUT2D eigenvalue weighted by atomic mass is 10.2. The highest BCUT2D eigenvalue weighted by molar-refractivity contribution is 9.10. The van der Waals surface area contributed by atoms with Gasteiger partial charge in [-0.2, -0.15) is 4.31 Å². The Bertz CT molecular complexity index is 483. The number of carboxylic acid groups (broad SMARTS) is 1. The molecule has 0 aromatic heterocycles. The van der Waals surface area contributed by atoms with Crippen LogP contribution in [0.5, 0.6) is 0 Å². The van der Waals surface area contributed by atoms with Crippen molar-refractivity contribution in [3.8, 4) is 0 Å². The number of amides is 1. The van der Waals surface area contributed by atoms with Gasteiger partial charge in [-0.1, -0.05) is 15.9 Å². The second kappa shape index (κ2) is 5.06. The Balaban J connectivity index is 2.11. The van der Waals surface area contributed by atoms with Crippen molar-refractivity contribution in [3.05, 3.63) is 28.2 Å². The minimum absolute atomic E-state index is 0.153. The molecule has 2 rings (SSSR count). The summed E-state index contributed by atoms with van der Waals surface area (Å²) in [5.74, 6) is 0. The van der Waals surface area contributed by atoms with E-state index in [2.05, 4.69) is 21.2 Å². The van der Waals surface area contributed by atoms with Crippen LogP contribution >= 0.6 is 26.7 Å². The van der Waals surface area contributed by atoms with Gasteiger partial charge < -0.3 is 10.4 Å². The molecule has 0 unspecified atom stereocenters. The zero-order valence-corrected chi connectivity index (χ0v) is 11.7. The fourth-order valence-electron chi connectivity index (χ4n) is 1.85. The van der Waals surface area contributed by atoms with E-state index < -0.39 is 16.9 Å². The van der Waals surface area contributed by atoms with Gasteiger partial charge in [0.15, 0.2) is 0 Å². The zero-order valence-electron chi connectivity index (χ0n) is 9.34. The highest BCUT2D eigenvalue weighted by Crippen LogP contribution is 2.58. The maximum absolute atomic E-state index is 10.3. The van der Waals surface area contributed by atoms with Crippen LogP contribution < -0.4 is 5.32 Å². The van der Waals surface area contributed by atoms with Crippen LogP contribution in [-0.2, 0) is 6.54 Å². The van der Waals surface area contributed by atoms with Crippen LogP contribution in [0.2, 0.25) is 0 Å². The lowest BCUT2D eigenvalue weighted by Crippen LogP contribution is -2.33. The molecular formula is C10H13BrN2O4S. The Labute approximate surface area is 114 Å². The number of benzene rings is 1. The summed E-state index contributed by atoms with van der Waals surface area (Å²) in [4.78, 5) is 10.9. The van der Waals surface area contributed by atoms with Crippen molar-refractivity contribution in [2.24, 2.45) is 0 Å². The second-order valence-corrected chi connectivity index (χ2v) is 6.78. The number of hydrogen-bond acceptors (Lipinski definition) is 4. The molecule has 0 radical (unpaired) electrons. The van der Waals surface area contributed by atoms with Crippen LogP contribution in [0, 0.1) is 0 Å². The van der Waals surface area contributed by atoms with Crippen LogP contribution in [-0.4, -0.2) is 37.7 Å². The zero-order chi connectivity index (χ0) is 13.3. The number of nitrogens with zero attached hydrogens (tertiary/aromatic N) is 1. The highest BCUT2D eigenvalue weighted by atomic mass is 79.9. The molecule has 1 aliphatic rings. The molecule has 0 fully saturated rings. The molecule has 0 aliphatic carbocycles. The molecule has 1 aliphatic heterocycles. The predicted molar refractivity (Wildman–Crippen MR) is 71.7 cm³/mol. The van der Waals surface area contributed by atoms with Crippen molar-refractivity contribution in [1.29, 1.82) is 0 Å².